The average molecular weight is 280 g/mol. The normalized spacial score (nSPS) is 9.62. The van der Waals surface area contributed by atoms with Crippen LogP contribution in [0.5, 0.6) is 0 Å². The molecular weight excluding hydrogens is 273 g/mol. The first-order valence-electron chi connectivity index (χ1n) is 2.31. The fraction of sp³-hybridized carbons (Fsp3) is 1.00. The second-order valence-corrected chi connectivity index (χ2v) is 1.70. The summed E-state index contributed by atoms with van der Waals surface area (Å²) in [5, 5.41) is 0. The van der Waals surface area contributed by atoms with E-state index in [1.807, 2.05) is 0 Å². The van der Waals surface area contributed by atoms with Crippen LogP contribution in [0.1, 0.15) is 7.43 Å². The molecule has 15 heteroatoms. The number of hydrogen-bond acceptors (Lipinski definition) is 2. The number of rotatable bonds is 0. The van der Waals surface area contributed by atoms with Gasteiger partial charge in [-0.2, -0.15) is 0 Å². The summed E-state index contributed by atoms with van der Waals surface area (Å²) in [5.41, 5.74) is 0. The molecule has 0 aliphatic heterocycles. The predicted octanol–water partition coefficient (Wildman–Crippen LogP) is 1.66. The van der Waals surface area contributed by atoms with E-state index in [-0.39, 0.29) is 26.3 Å². The maximum atomic E-state index is 9.75. The van der Waals surface area contributed by atoms with Crippen LogP contribution in [0, 0.1) is 0 Å². The van der Waals surface area contributed by atoms with Crippen LogP contribution >= 0.6 is 0 Å². The Bertz CT molecular complexity index is 168. The topological polar surface area (TPSA) is 54.4 Å². The summed E-state index contributed by atoms with van der Waals surface area (Å²) in [7, 11) is -15.1. The molecule has 0 saturated heterocycles. The van der Waals surface area contributed by atoms with E-state index in [1.54, 1.807) is 0 Å². The van der Waals surface area contributed by atoms with E-state index >= 15 is 0 Å². The first-order chi connectivity index (χ1) is 5.73. The van der Waals surface area contributed by atoms with Crippen molar-refractivity contribution in [1.82, 2.24) is 0 Å². The molecule has 0 aromatic rings. The third kappa shape index (κ3) is 403000. The van der Waals surface area contributed by atoms with Crippen molar-refractivity contribution in [3.8, 4) is 0 Å². The molecule has 0 aliphatic carbocycles. The van der Waals surface area contributed by atoms with Crippen LogP contribution in [0.2, 0.25) is 0 Å². The minimum absolute atomic E-state index is 0. The molecule has 0 unspecified atom stereocenters. The molecule has 100 valence electrons. The van der Waals surface area contributed by atoms with Gasteiger partial charge in [0.2, 0.25) is 0 Å². The zero-order chi connectivity index (χ0) is 12.6. The molecule has 0 aliphatic rings. The van der Waals surface area contributed by atoms with Crippen LogP contribution in [0.25, 0.3) is 0 Å². The number of halogens is 8. The Morgan fingerprint density at radius 1 is 0.750 bits per heavy atom. The van der Waals surface area contributed by atoms with Gasteiger partial charge in [-0.3, -0.25) is 4.55 Å². The molecule has 0 rings (SSSR count). The molecule has 0 bridgehead atoms. The first kappa shape index (κ1) is 29.8. The molecule has 3 nitrogen and oxygen atoms in total. The summed E-state index contributed by atoms with van der Waals surface area (Å²) in [5.74, 6) is 0. The Morgan fingerprint density at radius 3 is 0.750 bits per heavy atom. The van der Waals surface area contributed by atoms with Crippen LogP contribution in [-0.2, 0) is 11.0 Å². The van der Waals surface area contributed by atoms with Crippen molar-refractivity contribution in [3.63, 3.8) is 0 Å². The van der Waals surface area contributed by atoms with E-state index in [1.165, 1.54) is 0 Å². The monoisotopic (exact) mass is 280 g/mol. The summed E-state index contributed by atoms with van der Waals surface area (Å²) in [6.07, 6.45) is 0. The van der Waals surface area contributed by atoms with Crippen molar-refractivity contribution in [2.45, 2.75) is 7.43 Å². The molecular formula is CH7B2F8LiO3S-2. The molecule has 0 spiro atoms. The predicted molar refractivity (Wildman–Crippen MR) is 47.2 cm³/mol. The van der Waals surface area contributed by atoms with Crippen LogP contribution < -0.4 is 0 Å². The van der Waals surface area contributed by atoms with Crippen molar-refractivity contribution in [1.29, 1.82) is 0 Å². The number of thiol groups is 1. The van der Waals surface area contributed by atoms with Gasteiger partial charge in [-0.05, 0) is 0 Å². The van der Waals surface area contributed by atoms with E-state index in [4.69, 9.17) is 13.0 Å². The van der Waals surface area contributed by atoms with E-state index in [0.717, 1.165) is 0 Å². The van der Waals surface area contributed by atoms with Gasteiger partial charge in [-0.1, -0.05) is 7.43 Å². The first-order valence-corrected chi connectivity index (χ1v) is 3.44. The van der Waals surface area contributed by atoms with E-state index in [2.05, 4.69) is 0 Å². The van der Waals surface area contributed by atoms with Gasteiger partial charge >= 0.3 is 33.4 Å². The Balaban J connectivity index is -0.0000000358. The van der Waals surface area contributed by atoms with Gasteiger partial charge in [0.15, 0.2) is 0 Å². The molecule has 16 heavy (non-hydrogen) atoms. The fourth-order valence-electron chi connectivity index (χ4n) is 0. The second kappa shape index (κ2) is 13.1. The summed E-state index contributed by atoms with van der Waals surface area (Å²) < 4.78 is 102. The van der Waals surface area contributed by atoms with Gasteiger partial charge in [0.1, 0.15) is 0 Å². The number of hydrogen-bond donors (Lipinski definition) is 2. The Labute approximate surface area is 99.7 Å². The molecule has 1 N–H and O–H groups in total. The molecule has 0 aromatic carbocycles. The van der Waals surface area contributed by atoms with Gasteiger partial charge in [0.25, 0.3) is 11.0 Å². The summed E-state index contributed by atoms with van der Waals surface area (Å²) >= 11 is 0. The van der Waals surface area contributed by atoms with Gasteiger partial charge in [0.05, 0.1) is 0 Å². The quantitative estimate of drug-likeness (QED) is 0.307. The Hall–Kier alpha value is 0.0773. The minimum atomic E-state index is -6.00. The van der Waals surface area contributed by atoms with Crippen molar-refractivity contribution < 1.29 is 47.5 Å². The molecule has 0 radical (unpaired) electrons. The van der Waals surface area contributed by atoms with Crippen LogP contribution in [0.15, 0.2) is 0 Å². The van der Waals surface area contributed by atoms with Crippen LogP contribution in [0.4, 0.5) is 34.5 Å². The van der Waals surface area contributed by atoms with E-state index < -0.39 is 25.5 Å². The maximum absolute atomic E-state index is 9.75. The third-order valence-electron chi connectivity index (χ3n) is 0. The molecule has 0 fully saturated rings. The van der Waals surface area contributed by atoms with Crippen molar-refractivity contribution in [3.05, 3.63) is 0 Å². The zero-order valence-corrected chi connectivity index (χ0v) is 6.78. The molecule has 0 amide bonds. The van der Waals surface area contributed by atoms with Gasteiger partial charge in [-0.25, -0.2) is 8.42 Å². The zero-order valence-electron chi connectivity index (χ0n) is 5.89. The summed E-state index contributed by atoms with van der Waals surface area (Å²) in [6.45, 7) is 0. The van der Waals surface area contributed by atoms with Gasteiger partial charge in [0, 0.05) is 0 Å². The van der Waals surface area contributed by atoms with Crippen molar-refractivity contribution >= 4 is 44.4 Å². The van der Waals surface area contributed by atoms with Gasteiger partial charge in [-0.15, -0.1) is 0 Å². The van der Waals surface area contributed by atoms with Crippen LogP contribution in [0.3, 0.4) is 0 Å². The third-order valence-corrected chi connectivity index (χ3v) is 0. The second-order valence-electron chi connectivity index (χ2n) is 1.23. The molecule has 0 saturated carbocycles. The molecule has 0 heterocycles. The Kier molecular flexibility index (Phi) is 24.5. The van der Waals surface area contributed by atoms with Crippen molar-refractivity contribution in [2.24, 2.45) is 0 Å². The summed E-state index contributed by atoms with van der Waals surface area (Å²) in [6, 6.07) is 0. The SMILES string of the molecule is C.F[B-](F)(F)F.F[B-](F)(F)F.O=[SH](=O)O.[LiH]. The average Bonchev–Trinajstić information content (AvgIpc) is 1.45. The molecule has 0 atom stereocenters. The van der Waals surface area contributed by atoms with Crippen LogP contribution in [-0.4, -0.2) is 46.3 Å². The fourth-order valence-corrected chi connectivity index (χ4v) is 0. The van der Waals surface area contributed by atoms with E-state index in [9.17, 15) is 34.5 Å². The standard InChI is InChI=1S/CH4.2BF4.Li.H2O3S.H/c;2*2-1(3,4)5;;1-4(2)3;/h1H4;;;;4H,(H,1,2,3);/q;2*-1;;;. The van der Waals surface area contributed by atoms with Gasteiger partial charge < -0.3 is 34.5 Å². The van der Waals surface area contributed by atoms with E-state index in [0.29, 0.717) is 0 Å². The molecule has 0 aromatic heterocycles. The summed E-state index contributed by atoms with van der Waals surface area (Å²) in [4.78, 5) is 0. The Morgan fingerprint density at radius 2 is 0.750 bits per heavy atom. The van der Waals surface area contributed by atoms with Crippen molar-refractivity contribution in [2.75, 3.05) is 0 Å².